The lowest BCUT2D eigenvalue weighted by atomic mass is 9.42. The molecule has 19 heteroatoms. The number of esters is 1. The van der Waals surface area contributed by atoms with Gasteiger partial charge in [-0.2, -0.15) is 0 Å². The van der Waals surface area contributed by atoms with Crippen LogP contribution in [0.2, 0.25) is 0 Å². The first kappa shape index (κ1) is 58.2. The van der Waals surface area contributed by atoms with E-state index in [4.69, 9.17) is 33.2 Å². The molecule has 19 nitrogen and oxygen atoms in total. The molecule has 4 aliphatic carbocycles. The minimum absolute atomic E-state index is 0.0452. The van der Waals surface area contributed by atoms with Crippen molar-refractivity contribution in [2.75, 3.05) is 13.2 Å². The summed E-state index contributed by atoms with van der Waals surface area (Å²) in [6.45, 7) is 12.2. The molecule has 4 heterocycles. The average molecular weight is 1080 g/mol. The van der Waals surface area contributed by atoms with E-state index in [1.165, 1.54) is 18.2 Å². The molecule has 8 aliphatic rings. The highest BCUT2D eigenvalue weighted by Gasteiger charge is 2.71. The molecule has 10 rings (SSSR count). The van der Waals surface area contributed by atoms with Crippen LogP contribution in [0.15, 0.2) is 54.1 Å². The molecule has 77 heavy (non-hydrogen) atoms. The molecule has 7 fully saturated rings. The predicted octanol–water partition coefficient (Wildman–Crippen LogP) is 4.28. The van der Waals surface area contributed by atoms with Crippen LogP contribution in [0.1, 0.15) is 129 Å². The van der Waals surface area contributed by atoms with Gasteiger partial charge in [-0.05, 0) is 156 Å². The maximum absolute atomic E-state index is 12.6. The van der Waals surface area contributed by atoms with Crippen LogP contribution in [0.4, 0.5) is 0 Å². The number of hydrogen-bond acceptors (Lipinski definition) is 19. The van der Waals surface area contributed by atoms with Crippen molar-refractivity contribution >= 4 is 5.97 Å². The number of phenolic OH excluding ortho intramolecular Hbond substituents is 3. The van der Waals surface area contributed by atoms with Gasteiger partial charge in [-0.25, -0.2) is 4.79 Å². The number of aromatic hydroxyl groups is 3. The van der Waals surface area contributed by atoms with Gasteiger partial charge in [0.25, 0.3) is 0 Å². The second kappa shape index (κ2) is 23.5. The highest BCUT2D eigenvalue weighted by molar-refractivity contribution is 5.85. The molecule has 0 bridgehead atoms. The Labute approximate surface area is 451 Å². The van der Waals surface area contributed by atoms with Crippen LogP contribution < -0.4 is 5.32 Å². The number of carbonyl (C=O) groups excluding carboxylic acids is 1. The summed E-state index contributed by atoms with van der Waals surface area (Å²) in [5, 5.41) is 108. The lowest BCUT2D eigenvalue weighted by Gasteiger charge is -2.65. The fourth-order valence-electron chi connectivity index (χ4n) is 15.1. The Balaban J connectivity index is 0.000000275. The smallest absolute Gasteiger partial charge is 0.331 e. The molecule has 4 saturated carbocycles. The quantitative estimate of drug-likeness (QED) is 0.0986. The van der Waals surface area contributed by atoms with E-state index in [9.17, 15) is 55.9 Å². The highest BCUT2D eigenvalue weighted by atomic mass is 16.7. The average Bonchev–Trinajstić information content (AvgIpc) is 3.95. The van der Waals surface area contributed by atoms with Gasteiger partial charge in [0.2, 0.25) is 0 Å². The third-order valence-corrected chi connectivity index (χ3v) is 19.4. The van der Waals surface area contributed by atoms with Crippen molar-refractivity contribution in [3.8, 4) is 17.2 Å². The maximum atomic E-state index is 12.6. The fraction of sp³-hybridized carbons (Fsp3) is 0.741. The fourth-order valence-corrected chi connectivity index (χ4v) is 15.1. The van der Waals surface area contributed by atoms with Gasteiger partial charge in [0, 0.05) is 49.4 Å². The monoisotopic (exact) mass is 1080 g/mol. The summed E-state index contributed by atoms with van der Waals surface area (Å²) in [5.41, 5.74) is 0.654. The number of rotatable bonds is 13. The van der Waals surface area contributed by atoms with E-state index in [-0.39, 0.29) is 84.4 Å². The summed E-state index contributed by atoms with van der Waals surface area (Å²) in [4.78, 5) is 11.9. The van der Waals surface area contributed by atoms with Crippen molar-refractivity contribution in [3.63, 3.8) is 0 Å². The molecule has 0 radical (unpaired) electrons. The Morgan fingerprint density at radius 1 is 0.701 bits per heavy atom. The van der Waals surface area contributed by atoms with Crippen molar-refractivity contribution in [1.82, 2.24) is 5.32 Å². The molecule has 0 amide bonds. The number of benzene rings is 2. The Hall–Kier alpha value is -3.51. The number of carbonyl (C=O) groups is 1. The summed E-state index contributed by atoms with van der Waals surface area (Å²) in [6.07, 6.45) is -1.57. The molecule has 2 aromatic carbocycles. The van der Waals surface area contributed by atoms with Crippen molar-refractivity contribution < 1.29 is 89.0 Å². The molecule has 2 unspecified atom stereocenters. The Morgan fingerprint density at radius 3 is 1.88 bits per heavy atom. The van der Waals surface area contributed by atoms with Crippen LogP contribution >= 0.6 is 0 Å². The normalized spacial score (nSPS) is 43.6. The van der Waals surface area contributed by atoms with Gasteiger partial charge in [-0.15, -0.1) is 0 Å². The molecular formula is C58H85NO18. The molecular weight excluding hydrogens is 999 g/mol. The Morgan fingerprint density at radius 2 is 1.30 bits per heavy atom. The van der Waals surface area contributed by atoms with Crippen LogP contribution in [0.5, 0.6) is 17.2 Å². The van der Waals surface area contributed by atoms with Crippen molar-refractivity contribution in [3.05, 3.63) is 65.2 Å². The van der Waals surface area contributed by atoms with Crippen LogP contribution in [-0.2, 0) is 44.4 Å². The van der Waals surface area contributed by atoms with E-state index in [0.29, 0.717) is 30.9 Å². The number of cyclic esters (lactones) is 1. The summed E-state index contributed by atoms with van der Waals surface area (Å²) in [6, 6.07) is 11.2. The van der Waals surface area contributed by atoms with Gasteiger partial charge in [0.1, 0.15) is 42.2 Å². The van der Waals surface area contributed by atoms with Crippen LogP contribution in [0, 0.1) is 34.5 Å². The highest BCUT2D eigenvalue weighted by Crippen LogP contribution is 2.70. The van der Waals surface area contributed by atoms with Gasteiger partial charge < -0.3 is 89.5 Å². The first-order valence-corrected chi connectivity index (χ1v) is 28.1. The number of hydrogen-bond donors (Lipinski definition) is 11. The minimum Gasteiger partial charge on any atom is -0.508 e. The van der Waals surface area contributed by atoms with E-state index in [0.717, 1.165) is 56.1 Å². The molecule has 4 aliphatic heterocycles. The van der Waals surface area contributed by atoms with Crippen molar-refractivity contribution in [2.45, 2.75) is 222 Å². The van der Waals surface area contributed by atoms with Gasteiger partial charge in [0.05, 0.1) is 60.5 Å². The first-order valence-electron chi connectivity index (χ1n) is 28.1. The molecule has 430 valence electrons. The Kier molecular flexibility index (Phi) is 17.8. The van der Waals surface area contributed by atoms with E-state index in [2.05, 4.69) is 12.2 Å². The van der Waals surface area contributed by atoms with E-state index in [1.807, 2.05) is 32.9 Å². The lowest BCUT2D eigenvalue weighted by molar-refractivity contribution is -0.336. The number of phenols is 3. The summed E-state index contributed by atoms with van der Waals surface area (Å²) >= 11 is 0. The van der Waals surface area contributed by atoms with Crippen molar-refractivity contribution in [2.24, 2.45) is 34.5 Å². The zero-order chi connectivity index (χ0) is 55.3. The van der Waals surface area contributed by atoms with Gasteiger partial charge in [-0.3, -0.25) is 0 Å². The van der Waals surface area contributed by atoms with Gasteiger partial charge >= 0.3 is 5.97 Å². The second-order valence-electron chi connectivity index (χ2n) is 24.3. The summed E-state index contributed by atoms with van der Waals surface area (Å²) in [5.74, 6) is 0.288. The SMILES string of the molecule is CC(Cc1ccc(O)cc1)NCC(O)c1cc(O)cc(O)c1.C[C@H]1O[C@@H](O[C@H]2[C@@H](O)C[C@H](O[C@H]3[C@@H](O)C[C@H](O[C@H]4CC[C@@]5(C)[C@H](CC[C@@H]6[C@@H]5C[C@@H](O)[C@]5(C)[C@@H](C7=CC(=O)OC7)CC[C@]65O)C4)O[C@@H]3C)O[C@@H]2C)C[C@H](O)[C@@H]1O. The van der Waals surface area contributed by atoms with Crippen LogP contribution in [-0.4, -0.2) is 168 Å². The molecule has 11 N–H and O–H groups in total. The van der Waals surface area contributed by atoms with Crippen LogP contribution in [0.25, 0.3) is 0 Å². The second-order valence-corrected chi connectivity index (χ2v) is 24.3. The molecule has 0 spiro atoms. The third kappa shape index (κ3) is 12.1. The molecule has 23 atom stereocenters. The van der Waals surface area contributed by atoms with E-state index >= 15 is 0 Å². The van der Waals surface area contributed by atoms with E-state index in [1.54, 1.807) is 32.1 Å². The van der Waals surface area contributed by atoms with Gasteiger partial charge in [-0.1, -0.05) is 26.0 Å². The zero-order valence-corrected chi connectivity index (χ0v) is 45.3. The lowest BCUT2D eigenvalue weighted by Crippen LogP contribution is -2.67. The number of nitrogens with one attached hydrogen (secondary N) is 1. The maximum Gasteiger partial charge on any atom is 0.331 e. The Bertz CT molecular complexity index is 2300. The minimum atomic E-state index is -1.01. The zero-order valence-electron chi connectivity index (χ0n) is 45.3. The topological polar surface area (TPSA) is 296 Å². The number of aliphatic hydroxyl groups is 7. The third-order valence-electron chi connectivity index (χ3n) is 19.4. The standard InChI is InChI=1S/C41H64O14.C17H21NO4/c1-19-36(47)28(42)15-34(50-19)54-38-21(3)52-35(17-30(38)44)55-37-20(2)51-33(16-29(37)43)53-24-8-10-39(4)23(13-24)6-7-26-27(39)14-31(45)40(5)25(9-11-41(26,40)48)22-12-32(46)49-18-22;1-11(6-12-2-4-14(19)5-3-12)18-10-17(22)13-7-15(20)9-16(21)8-13/h12,19-21,23-31,33-38,42-45,47-48H,6-11,13-18H2,1-5H3;2-5,7-9,11,17-22H,6,10H2,1H3/t19-,20-,21-,23-,24+,25-,26-,27+,28+,29+,30+,31-,33+,34+,35+,36-,37-,38-,39+,40+,41+;/m1./s1. The number of ether oxygens (including phenoxy) is 7. The largest absolute Gasteiger partial charge is 0.508 e. The molecule has 3 saturated heterocycles. The summed E-state index contributed by atoms with van der Waals surface area (Å²) in [7, 11) is 0. The van der Waals surface area contributed by atoms with Crippen LogP contribution in [0.3, 0.4) is 0 Å². The molecule has 0 aromatic heterocycles. The first-order chi connectivity index (χ1) is 36.4. The van der Waals surface area contributed by atoms with Crippen molar-refractivity contribution in [1.29, 1.82) is 0 Å². The van der Waals surface area contributed by atoms with E-state index < -0.39 is 97.0 Å². The number of fused-ring (bicyclic) bond motifs is 5. The van der Waals surface area contributed by atoms with Gasteiger partial charge in [0.15, 0.2) is 18.9 Å². The predicted molar refractivity (Wildman–Crippen MR) is 277 cm³/mol. The molecule has 2 aromatic rings. The summed E-state index contributed by atoms with van der Waals surface area (Å²) < 4.78 is 42.1. The number of aliphatic hydroxyl groups excluding tert-OH is 6.